The van der Waals surface area contributed by atoms with Crippen molar-refractivity contribution in [2.75, 3.05) is 12.3 Å². The zero-order chi connectivity index (χ0) is 15.8. The van der Waals surface area contributed by atoms with Crippen LogP contribution in [0.15, 0.2) is 40.5 Å². The predicted molar refractivity (Wildman–Crippen MR) is 89.1 cm³/mol. The molecule has 0 radical (unpaired) electrons. The first-order chi connectivity index (χ1) is 10.7. The zero-order valence-corrected chi connectivity index (χ0v) is 13.8. The maximum absolute atomic E-state index is 11.9. The molecule has 2 rings (SSSR count). The lowest BCUT2D eigenvalue weighted by atomic mass is 10.2. The van der Waals surface area contributed by atoms with Gasteiger partial charge in [0, 0.05) is 22.9 Å². The van der Waals surface area contributed by atoms with E-state index in [1.54, 1.807) is 36.1 Å². The minimum absolute atomic E-state index is 0.187. The third kappa shape index (κ3) is 5.23. The molecule has 22 heavy (non-hydrogen) atoms. The van der Waals surface area contributed by atoms with Crippen LogP contribution in [0.5, 0.6) is 0 Å². The van der Waals surface area contributed by atoms with Crippen LogP contribution in [-0.4, -0.2) is 30.2 Å². The minimum atomic E-state index is -0.579. The quantitative estimate of drug-likeness (QED) is 0.726. The number of carbonyl (C=O) groups is 2. The highest BCUT2D eigenvalue weighted by Crippen LogP contribution is 2.16. The zero-order valence-electron chi connectivity index (χ0n) is 12.2. The standard InChI is InChI=1S/C15H18N2O3S2/c1-11(17-15(19)12-4-6-20-9-12)14(18)16-5-8-21-10-13-3-2-7-22-13/h2-4,6-7,9,11H,5,8,10H2,1H3,(H,16,18)(H,17,19). The molecule has 0 saturated heterocycles. The molecule has 0 saturated carbocycles. The Bertz CT molecular complexity index is 582. The van der Waals surface area contributed by atoms with Crippen LogP contribution in [0.2, 0.25) is 0 Å². The average molecular weight is 338 g/mol. The topological polar surface area (TPSA) is 71.3 Å². The molecule has 118 valence electrons. The van der Waals surface area contributed by atoms with Crippen molar-refractivity contribution in [3.8, 4) is 0 Å². The predicted octanol–water partition coefficient (Wildman–Crippen LogP) is 2.51. The Hall–Kier alpha value is -1.73. The van der Waals surface area contributed by atoms with Gasteiger partial charge in [0.2, 0.25) is 5.91 Å². The maximum Gasteiger partial charge on any atom is 0.255 e. The Morgan fingerprint density at radius 2 is 2.27 bits per heavy atom. The van der Waals surface area contributed by atoms with Gasteiger partial charge in [-0.15, -0.1) is 11.3 Å². The van der Waals surface area contributed by atoms with Crippen molar-refractivity contribution >= 4 is 34.9 Å². The summed E-state index contributed by atoms with van der Waals surface area (Å²) in [6.45, 7) is 2.24. The molecule has 2 aromatic rings. The van der Waals surface area contributed by atoms with E-state index < -0.39 is 6.04 Å². The number of furan rings is 1. The molecule has 5 nitrogen and oxygen atoms in total. The summed E-state index contributed by atoms with van der Waals surface area (Å²) in [5.74, 6) is 1.30. The first-order valence-electron chi connectivity index (χ1n) is 6.87. The lowest BCUT2D eigenvalue weighted by Crippen LogP contribution is -2.45. The summed E-state index contributed by atoms with van der Waals surface area (Å²) in [5, 5.41) is 7.51. The van der Waals surface area contributed by atoms with Crippen LogP contribution in [0, 0.1) is 0 Å². The van der Waals surface area contributed by atoms with Crippen molar-refractivity contribution in [1.82, 2.24) is 10.6 Å². The Balaban J connectivity index is 1.61. The minimum Gasteiger partial charge on any atom is -0.472 e. The van der Waals surface area contributed by atoms with E-state index in [1.807, 2.05) is 6.07 Å². The number of nitrogens with one attached hydrogen (secondary N) is 2. The summed E-state index contributed by atoms with van der Waals surface area (Å²) in [4.78, 5) is 25.0. The Morgan fingerprint density at radius 3 is 2.95 bits per heavy atom. The Kier molecular flexibility index (Phi) is 6.54. The summed E-state index contributed by atoms with van der Waals surface area (Å²) < 4.78 is 4.84. The van der Waals surface area contributed by atoms with Crippen LogP contribution in [0.3, 0.4) is 0 Å². The number of rotatable bonds is 8. The van der Waals surface area contributed by atoms with Crippen molar-refractivity contribution in [2.24, 2.45) is 0 Å². The van der Waals surface area contributed by atoms with Gasteiger partial charge in [-0.3, -0.25) is 9.59 Å². The van der Waals surface area contributed by atoms with Crippen LogP contribution in [0.25, 0.3) is 0 Å². The van der Waals surface area contributed by atoms with Crippen molar-refractivity contribution in [1.29, 1.82) is 0 Å². The molecule has 1 atom stereocenters. The summed E-state index contributed by atoms with van der Waals surface area (Å²) in [6, 6.07) is 5.11. The molecule has 2 N–H and O–H groups in total. The van der Waals surface area contributed by atoms with E-state index in [4.69, 9.17) is 4.42 Å². The van der Waals surface area contributed by atoms with Crippen LogP contribution in [0.1, 0.15) is 22.2 Å². The van der Waals surface area contributed by atoms with E-state index >= 15 is 0 Å². The summed E-state index contributed by atoms with van der Waals surface area (Å²) in [7, 11) is 0. The largest absolute Gasteiger partial charge is 0.472 e. The van der Waals surface area contributed by atoms with Gasteiger partial charge in [-0.25, -0.2) is 0 Å². The van der Waals surface area contributed by atoms with Gasteiger partial charge in [0.15, 0.2) is 0 Å². The average Bonchev–Trinajstić information content (AvgIpc) is 3.19. The highest BCUT2D eigenvalue weighted by atomic mass is 32.2. The molecule has 1 unspecified atom stereocenters. The summed E-state index contributed by atoms with van der Waals surface area (Å²) in [5.41, 5.74) is 0.408. The van der Waals surface area contributed by atoms with Gasteiger partial charge in [0.25, 0.3) is 5.91 Å². The van der Waals surface area contributed by atoms with Gasteiger partial charge in [-0.1, -0.05) is 6.07 Å². The molecule has 0 aromatic carbocycles. The maximum atomic E-state index is 11.9. The van der Waals surface area contributed by atoms with Crippen molar-refractivity contribution in [3.05, 3.63) is 46.5 Å². The highest BCUT2D eigenvalue weighted by Gasteiger charge is 2.16. The third-order valence-electron chi connectivity index (χ3n) is 2.89. The fraction of sp³-hybridized carbons (Fsp3) is 0.333. The van der Waals surface area contributed by atoms with E-state index in [0.717, 1.165) is 11.5 Å². The molecule has 2 heterocycles. The molecular formula is C15H18N2O3S2. The lowest BCUT2D eigenvalue weighted by Gasteiger charge is -2.13. The van der Waals surface area contributed by atoms with Crippen LogP contribution >= 0.6 is 23.1 Å². The SMILES string of the molecule is CC(NC(=O)c1ccoc1)C(=O)NCCSCc1cccs1. The summed E-state index contributed by atoms with van der Waals surface area (Å²) in [6.07, 6.45) is 2.77. The first-order valence-corrected chi connectivity index (χ1v) is 8.91. The van der Waals surface area contributed by atoms with Gasteiger partial charge < -0.3 is 15.1 Å². The monoisotopic (exact) mass is 338 g/mol. The molecule has 2 amide bonds. The number of hydrogen-bond donors (Lipinski definition) is 2. The van der Waals surface area contributed by atoms with Gasteiger partial charge in [0.05, 0.1) is 11.8 Å². The van der Waals surface area contributed by atoms with Crippen LogP contribution in [0.4, 0.5) is 0 Å². The molecule has 0 spiro atoms. The van der Waals surface area contributed by atoms with E-state index in [1.165, 1.54) is 17.4 Å². The van der Waals surface area contributed by atoms with Gasteiger partial charge in [0.1, 0.15) is 12.3 Å². The molecule has 0 aliphatic rings. The van der Waals surface area contributed by atoms with E-state index in [0.29, 0.717) is 12.1 Å². The van der Waals surface area contributed by atoms with E-state index in [2.05, 4.69) is 22.1 Å². The lowest BCUT2D eigenvalue weighted by molar-refractivity contribution is -0.122. The third-order valence-corrected chi connectivity index (χ3v) is 4.96. The fourth-order valence-electron chi connectivity index (χ4n) is 1.71. The highest BCUT2D eigenvalue weighted by molar-refractivity contribution is 7.98. The van der Waals surface area contributed by atoms with Crippen LogP contribution < -0.4 is 10.6 Å². The van der Waals surface area contributed by atoms with Crippen molar-refractivity contribution in [3.63, 3.8) is 0 Å². The normalized spacial score (nSPS) is 11.9. The first kappa shape index (κ1) is 16.6. The second kappa shape index (κ2) is 8.65. The molecule has 0 fully saturated rings. The molecule has 0 aliphatic carbocycles. The smallest absolute Gasteiger partial charge is 0.255 e. The molecular weight excluding hydrogens is 320 g/mol. The van der Waals surface area contributed by atoms with Crippen LogP contribution in [-0.2, 0) is 10.5 Å². The Labute approximate surface area is 137 Å². The van der Waals surface area contributed by atoms with E-state index in [-0.39, 0.29) is 11.8 Å². The van der Waals surface area contributed by atoms with Gasteiger partial charge >= 0.3 is 0 Å². The number of carbonyl (C=O) groups excluding carboxylic acids is 2. The number of thiophene rings is 1. The molecule has 2 aromatic heterocycles. The second-order valence-electron chi connectivity index (χ2n) is 4.63. The molecule has 0 bridgehead atoms. The Morgan fingerprint density at radius 1 is 1.41 bits per heavy atom. The number of hydrogen-bond acceptors (Lipinski definition) is 5. The second-order valence-corrected chi connectivity index (χ2v) is 6.77. The summed E-state index contributed by atoms with van der Waals surface area (Å²) >= 11 is 3.51. The molecule has 7 heteroatoms. The van der Waals surface area contributed by atoms with Gasteiger partial charge in [-0.05, 0) is 24.4 Å². The number of thioether (sulfide) groups is 1. The van der Waals surface area contributed by atoms with Gasteiger partial charge in [-0.2, -0.15) is 11.8 Å². The van der Waals surface area contributed by atoms with E-state index in [9.17, 15) is 9.59 Å². The van der Waals surface area contributed by atoms with Crippen molar-refractivity contribution in [2.45, 2.75) is 18.7 Å². The van der Waals surface area contributed by atoms with Crippen molar-refractivity contribution < 1.29 is 14.0 Å². The molecule has 0 aliphatic heterocycles. The fourth-order valence-corrected chi connectivity index (χ4v) is 3.41. The number of amides is 2.